The maximum absolute atomic E-state index is 4.46. The molecule has 1 N–H and O–H groups in total. The molecule has 4 nitrogen and oxygen atoms in total. The molecule has 3 aromatic rings. The van der Waals surface area contributed by atoms with Crippen LogP contribution in [0.5, 0.6) is 0 Å². The van der Waals surface area contributed by atoms with Crippen molar-refractivity contribution < 1.29 is 0 Å². The molecule has 0 saturated heterocycles. The minimum Gasteiger partial charge on any atom is -0.304 e. The Morgan fingerprint density at radius 2 is 1.48 bits per heavy atom. The van der Waals surface area contributed by atoms with Crippen LogP contribution in [-0.2, 0) is 0 Å². The van der Waals surface area contributed by atoms with Crippen LogP contribution in [0.25, 0.3) is 11.1 Å². The van der Waals surface area contributed by atoms with Crippen LogP contribution in [0.15, 0.2) is 55.0 Å². The van der Waals surface area contributed by atoms with Crippen LogP contribution in [0.2, 0.25) is 0 Å². The van der Waals surface area contributed by atoms with Crippen molar-refractivity contribution in [3.05, 3.63) is 77.6 Å². The number of aromatic nitrogens is 3. The van der Waals surface area contributed by atoms with E-state index in [1.165, 1.54) is 16.7 Å². The first-order valence-electron chi connectivity index (χ1n) is 8.61. The molecule has 0 aliphatic heterocycles. The second-order valence-electron chi connectivity index (χ2n) is 6.43. The summed E-state index contributed by atoms with van der Waals surface area (Å²) in [4.78, 5) is 12.9. The number of benzene rings is 1. The highest BCUT2D eigenvalue weighted by Gasteiger charge is 2.14. The van der Waals surface area contributed by atoms with Gasteiger partial charge in [0.2, 0.25) is 0 Å². The van der Waals surface area contributed by atoms with Gasteiger partial charge in [0, 0.05) is 41.9 Å². The largest absolute Gasteiger partial charge is 0.304 e. The Morgan fingerprint density at radius 3 is 2.12 bits per heavy atom. The Balaban J connectivity index is 1.71. The van der Waals surface area contributed by atoms with Gasteiger partial charge in [-0.3, -0.25) is 4.98 Å². The molecule has 2 atom stereocenters. The molecule has 3 rings (SSSR count). The van der Waals surface area contributed by atoms with Gasteiger partial charge >= 0.3 is 0 Å². The van der Waals surface area contributed by atoms with Crippen molar-refractivity contribution in [1.82, 2.24) is 20.3 Å². The zero-order chi connectivity index (χ0) is 17.8. The Morgan fingerprint density at radius 1 is 0.840 bits per heavy atom. The summed E-state index contributed by atoms with van der Waals surface area (Å²) in [5.41, 5.74) is 5.83. The lowest BCUT2D eigenvalue weighted by atomic mass is 10.0. The van der Waals surface area contributed by atoms with E-state index in [0.29, 0.717) is 0 Å². The van der Waals surface area contributed by atoms with Crippen molar-refractivity contribution in [2.45, 2.75) is 39.8 Å². The molecule has 0 spiro atoms. The van der Waals surface area contributed by atoms with Gasteiger partial charge in [-0.2, -0.15) is 0 Å². The number of pyridine rings is 1. The highest BCUT2D eigenvalue weighted by Crippen LogP contribution is 2.24. The summed E-state index contributed by atoms with van der Waals surface area (Å²) < 4.78 is 0. The Bertz CT molecular complexity index is 828. The van der Waals surface area contributed by atoms with E-state index in [1.54, 1.807) is 0 Å². The van der Waals surface area contributed by atoms with Crippen LogP contribution < -0.4 is 5.32 Å². The average Bonchev–Trinajstić information content (AvgIpc) is 2.62. The standard InChI is InChI=1S/C21H24N4/c1-14(24-15(2)21-13-23-17(4)25-16(21)3)18-5-7-19(8-6-18)20-9-11-22-12-10-20/h5-15,24H,1-4H3/t14-,15+/m0/s1. The second kappa shape index (κ2) is 7.53. The molecule has 25 heavy (non-hydrogen) atoms. The molecule has 128 valence electrons. The minimum atomic E-state index is 0.190. The number of rotatable bonds is 5. The molecule has 0 unspecified atom stereocenters. The van der Waals surface area contributed by atoms with E-state index < -0.39 is 0 Å². The SMILES string of the molecule is Cc1ncc([C@@H](C)N[C@@H](C)c2ccc(-c3ccncc3)cc2)c(C)n1. The number of hydrogen-bond acceptors (Lipinski definition) is 4. The summed E-state index contributed by atoms with van der Waals surface area (Å²) in [7, 11) is 0. The van der Waals surface area contributed by atoms with Gasteiger partial charge < -0.3 is 5.32 Å². The van der Waals surface area contributed by atoms with E-state index >= 15 is 0 Å². The van der Waals surface area contributed by atoms with E-state index in [0.717, 1.165) is 17.1 Å². The zero-order valence-corrected chi connectivity index (χ0v) is 15.2. The first kappa shape index (κ1) is 17.2. The smallest absolute Gasteiger partial charge is 0.125 e. The van der Waals surface area contributed by atoms with E-state index in [9.17, 15) is 0 Å². The van der Waals surface area contributed by atoms with Gasteiger partial charge in [-0.25, -0.2) is 9.97 Å². The summed E-state index contributed by atoms with van der Waals surface area (Å²) in [5, 5.41) is 3.64. The fourth-order valence-electron chi connectivity index (χ4n) is 3.09. The molecule has 0 aliphatic rings. The molecule has 0 fully saturated rings. The fraction of sp³-hybridized carbons (Fsp3) is 0.286. The van der Waals surface area contributed by atoms with Gasteiger partial charge in [-0.1, -0.05) is 24.3 Å². The molecule has 0 bridgehead atoms. The summed E-state index contributed by atoms with van der Waals surface area (Å²) >= 11 is 0. The molecule has 0 saturated carbocycles. The topological polar surface area (TPSA) is 50.7 Å². The van der Waals surface area contributed by atoms with Gasteiger partial charge in [0.1, 0.15) is 5.82 Å². The molecule has 0 radical (unpaired) electrons. The number of nitrogens with zero attached hydrogens (tertiary/aromatic N) is 3. The van der Waals surface area contributed by atoms with Crippen LogP contribution >= 0.6 is 0 Å². The Hall–Kier alpha value is -2.59. The highest BCUT2D eigenvalue weighted by molar-refractivity contribution is 5.62. The fourth-order valence-corrected chi connectivity index (χ4v) is 3.09. The van der Waals surface area contributed by atoms with Gasteiger partial charge in [0.15, 0.2) is 0 Å². The van der Waals surface area contributed by atoms with Gasteiger partial charge in [0.05, 0.1) is 0 Å². The molecule has 2 heterocycles. The minimum absolute atomic E-state index is 0.190. The maximum Gasteiger partial charge on any atom is 0.125 e. The summed E-state index contributed by atoms with van der Waals surface area (Å²) in [6, 6.07) is 13.2. The highest BCUT2D eigenvalue weighted by atomic mass is 15.0. The van der Waals surface area contributed by atoms with Gasteiger partial charge in [0.25, 0.3) is 0 Å². The summed E-state index contributed by atoms with van der Waals surface area (Å²) in [5.74, 6) is 0.813. The van der Waals surface area contributed by atoms with Crippen LogP contribution in [0.1, 0.15) is 48.6 Å². The number of hydrogen-bond donors (Lipinski definition) is 1. The van der Waals surface area contributed by atoms with E-state index in [2.05, 4.69) is 58.4 Å². The van der Waals surface area contributed by atoms with Crippen molar-refractivity contribution in [2.24, 2.45) is 0 Å². The van der Waals surface area contributed by atoms with Crippen LogP contribution in [0.4, 0.5) is 0 Å². The van der Waals surface area contributed by atoms with Crippen LogP contribution in [0.3, 0.4) is 0 Å². The first-order chi connectivity index (χ1) is 12.0. The van der Waals surface area contributed by atoms with Crippen LogP contribution in [0, 0.1) is 13.8 Å². The maximum atomic E-state index is 4.46. The molecule has 4 heteroatoms. The molecule has 0 aliphatic carbocycles. The predicted molar refractivity (Wildman–Crippen MR) is 101 cm³/mol. The van der Waals surface area contributed by atoms with E-state index in [-0.39, 0.29) is 12.1 Å². The van der Waals surface area contributed by atoms with Crippen LogP contribution in [-0.4, -0.2) is 15.0 Å². The monoisotopic (exact) mass is 332 g/mol. The predicted octanol–water partition coefficient (Wildman–Crippen LogP) is 4.57. The third kappa shape index (κ3) is 4.09. The second-order valence-corrected chi connectivity index (χ2v) is 6.43. The average molecular weight is 332 g/mol. The quantitative estimate of drug-likeness (QED) is 0.744. The van der Waals surface area contributed by atoms with Crippen molar-refractivity contribution in [2.75, 3.05) is 0 Å². The summed E-state index contributed by atoms with van der Waals surface area (Å²) in [6.07, 6.45) is 5.57. The van der Waals surface area contributed by atoms with E-state index in [1.807, 2.05) is 44.6 Å². The lowest BCUT2D eigenvalue weighted by Crippen LogP contribution is -2.23. The van der Waals surface area contributed by atoms with Crippen molar-refractivity contribution in [3.63, 3.8) is 0 Å². The molecule has 0 amide bonds. The van der Waals surface area contributed by atoms with Crippen molar-refractivity contribution in [3.8, 4) is 11.1 Å². The number of aryl methyl sites for hydroxylation is 2. The van der Waals surface area contributed by atoms with Gasteiger partial charge in [-0.05, 0) is 56.5 Å². The Labute approximate surface area is 149 Å². The Kier molecular flexibility index (Phi) is 5.19. The molecule has 2 aromatic heterocycles. The van der Waals surface area contributed by atoms with E-state index in [4.69, 9.17) is 0 Å². The normalized spacial score (nSPS) is 13.4. The molecular formula is C21H24N4. The zero-order valence-electron chi connectivity index (χ0n) is 15.2. The third-order valence-corrected chi connectivity index (χ3v) is 4.53. The number of nitrogens with one attached hydrogen (secondary N) is 1. The summed E-state index contributed by atoms with van der Waals surface area (Å²) in [6.45, 7) is 8.30. The van der Waals surface area contributed by atoms with Crippen molar-refractivity contribution >= 4 is 0 Å². The van der Waals surface area contributed by atoms with Gasteiger partial charge in [-0.15, -0.1) is 0 Å². The molecule has 1 aromatic carbocycles. The lowest BCUT2D eigenvalue weighted by Gasteiger charge is -2.22. The third-order valence-electron chi connectivity index (χ3n) is 4.53. The molecular weight excluding hydrogens is 308 g/mol. The lowest BCUT2D eigenvalue weighted by molar-refractivity contribution is 0.490. The first-order valence-corrected chi connectivity index (χ1v) is 8.61. The van der Waals surface area contributed by atoms with Crippen molar-refractivity contribution in [1.29, 1.82) is 0 Å².